The number of carbonyl (C=O) groups excluding carboxylic acids is 2. The summed E-state index contributed by atoms with van der Waals surface area (Å²) in [5, 5.41) is 2.71. The van der Waals surface area contributed by atoms with Gasteiger partial charge in [0.15, 0.2) is 6.61 Å². The Labute approximate surface area is 113 Å². The zero-order chi connectivity index (χ0) is 14.1. The third-order valence-corrected chi connectivity index (χ3v) is 2.57. The minimum atomic E-state index is -0.493. The van der Waals surface area contributed by atoms with Crippen LogP contribution in [0.2, 0.25) is 0 Å². The van der Waals surface area contributed by atoms with E-state index < -0.39 is 5.97 Å². The molecule has 0 aliphatic rings. The zero-order valence-corrected chi connectivity index (χ0v) is 11.3. The first-order valence-corrected chi connectivity index (χ1v) is 6.28. The molecular weight excluding hydrogens is 242 g/mol. The van der Waals surface area contributed by atoms with E-state index in [0.29, 0.717) is 6.54 Å². The Morgan fingerprint density at radius 2 is 2.05 bits per heavy atom. The number of benzene rings is 1. The number of allylic oxidation sites excluding steroid dienone is 1. The lowest BCUT2D eigenvalue weighted by Gasteiger charge is -2.07. The van der Waals surface area contributed by atoms with Crippen LogP contribution < -0.4 is 5.32 Å². The molecule has 1 aromatic rings. The highest BCUT2D eigenvalue weighted by Crippen LogP contribution is 2.05. The van der Waals surface area contributed by atoms with Crippen LogP contribution in [-0.2, 0) is 20.9 Å². The molecule has 0 radical (unpaired) electrons. The van der Waals surface area contributed by atoms with Crippen molar-refractivity contribution in [1.82, 2.24) is 5.32 Å². The van der Waals surface area contributed by atoms with Gasteiger partial charge in [0.1, 0.15) is 0 Å². The van der Waals surface area contributed by atoms with Gasteiger partial charge in [0.25, 0.3) is 5.91 Å². The van der Waals surface area contributed by atoms with Crippen LogP contribution >= 0.6 is 0 Å². The number of esters is 1. The van der Waals surface area contributed by atoms with Gasteiger partial charge in [-0.1, -0.05) is 37.3 Å². The fraction of sp³-hybridized carbons (Fsp3) is 0.333. The minimum absolute atomic E-state index is 0.251. The summed E-state index contributed by atoms with van der Waals surface area (Å²) in [7, 11) is 0. The predicted molar refractivity (Wildman–Crippen MR) is 73.4 cm³/mol. The SMILES string of the molecule is CC/C=C/C(=O)OCC(=O)NCc1ccccc1C. The predicted octanol–water partition coefficient (Wildman–Crippen LogP) is 2.12. The zero-order valence-electron chi connectivity index (χ0n) is 11.3. The molecule has 0 saturated carbocycles. The maximum absolute atomic E-state index is 11.5. The molecule has 1 N–H and O–H groups in total. The van der Waals surface area contributed by atoms with Gasteiger partial charge in [-0.05, 0) is 24.5 Å². The van der Waals surface area contributed by atoms with Gasteiger partial charge < -0.3 is 10.1 Å². The Morgan fingerprint density at radius 1 is 1.32 bits per heavy atom. The molecule has 19 heavy (non-hydrogen) atoms. The topological polar surface area (TPSA) is 55.4 Å². The highest BCUT2D eigenvalue weighted by Gasteiger charge is 2.05. The largest absolute Gasteiger partial charge is 0.452 e. The summed E-state index contributed by atoms with van der Waals surface area (Å²) in [6.07, 6.45) is 3.77. The van der Waals surface area contributed by atoms with E-state index in [1.54, 1.807) is 6.08 Å². The fourth-order valence-electron chi connectivity index (χ4n) is 1.45. The molecule has 4 heteroatoms. The molecule has 4 nitrogen and oxygen atoms in total. The quantitative estimate of drug-likeness (QED) is 0.630. The third kappa shape index (κ3) is 5.86. The Balaban J connectivity index is 2.31. The van der Waals surface area contributed by atoms with Crippen molar-refractivity contribution in [3.63, 3.8) is 0 Å². The van der Waals surface area contributed by atoms with E-state index in [4.69, 9.17) is 4.74 Å². The van der Waals surface area contributed by atoms with Crippen LogP contribution in [0.4, 0.5) is 0 Å². The van der Waals surface area contributed by atoms with Crippen molar-refractivity contribution in [2.45, 2.75) is 26.8 Å². The molecular formula is C15H19NO3. The van der Waals surface area contributed by atoms with Crippen LogP contribution in [0.25, 0.3) is 0 Å². The molecule has 0 saturated heterocycles. The lowest BCUT2D eigenvalue weighted by atomic mass is 10.1. The molecule has 0 aromatic heterocycles. The average Bonchev–Trinajstić information content (AvgIpc) is 2.42. The van der Waals surface area contributed by atoms with E-state index in [-0.39, 0.29) is 12.5 Å². The first-order chi connectivity index (χ1) is 9.13. The maximum atomic E-state index is 11.5. The molecule has 0 heterocycles. The highest BCUT2D eigenvalue weighted by molar-refractivity contribution is 5.85. The molecule has 0 atom stereocenters. The second kappa shape index (κ2) is 8.08. The van der Waals surface area contributed by atoms with E-state index in [0.717, 1.165) is 17.5 Å². The van der Waals surface area contributed by atoms with Crippen molar-refractivity contribution < 1.29 is 14.3 Å². The van der Waals surface area contributed by atoms with Gasteiger partial charge in [0.05, 0.1) is 0 Å². The van der Waals surface area contributed by atoms with Crippen molar-refractivity contribution in [3.8, 4) is 0 Å². The van der Waals surface area contributed by atoms with Crippen LogP contribution in [0, 0.1) is 6.92 Å². The number of rotatable bonds is 6. The Bertz CT molecular complexity index is 466. The van der Waals surface area contributed by atoms with E-state index in [1.807, 2.05) is 38.1 Å². The summed E-state index contributed by atoms with van der Waals surface area (Å²) in [5.41, 5.74) is 2.17. The van der Waals surface area contributed by atoms with E-state index in [9.17, 15) is 9.59 Å². The van der Waals surface area contributed by atoms with Gasteiger partial charge in [-0.25, -0.2) is 4.79 Å². The number of nitrogens with one attached hydrogen (secondary N) is 1. The number of hydrogen-bond donors (Lipinski definition) is 1. The minimum Gasteiger partial charge on any atom is -0.452 e. The van der Waals surface area contributed by atoms with Crippen molar-refractivity contribution in [2.24, 2.45) is 0 Å². The molecule has 1 rings (SSSR count). The van der Waals surface area contributed by atoms with E-state index in [2.05, 4.69) is 5.32 Å². The number of carbonyl (C=O) groups is 2. The van der Waals surface area contributed by atoms with Crippen LogP contribution in [0.3, 0.4) is 0 Å². The second-order valence-corrected chi connectivity index (χ2v) is 4.12. The average molecular weight is 261 g/mol. The third-order valence-electron chi connectivity index (χ3n) is 2.57. The summed E-state index contributed by atoms with van der Waals surface area (Å²) < 4.78 is 4.79. The first-order valence-electron chi connectivity index (χ1n) is 6.28. The van der Waals surface area contributed by atoms with Crippen molar-refractivity contribution in [3.05, 3.63) is 47.5 Å². The molecule has 0 unspecified atom stereocenters. The van der Waals surface area contributed by atoms with Gasteiger partial charge in [0.2, 0.25) is 0 Å². The number of amides is 1. The van der Waals surface area contributed by atoms with Gasteiger partial charge in [-0.3, -0.25) is 4.79 Å². The molecule has 0 aliphatic heterocycles. The number of aryl methyl sites for hydroxylation is 1. The smallest absolute Gasteiger partial charge is 0.330 e. The van der Waals surface area contributed by atoms with Crippen LogP contribution in [0.5, 0.6) is 0 Å². The van der Waals surface area contributed by atoms with E-state index in [1.165, 1.54) is 6.08 Å². The van der Waals surface area contributed by atoms with Crippen molar-refractivity contribution in [1.29, 1.82) is 0 Å². The normalized spacial score (nSPS) is 10.4. The maximum Gasteiger partial charge on any atom is 0.330 e. The molecule has 1 amide bonds. The Hall–Kier alpha value is -2.10. The van der Waals surface area contributed by atoms with Crippen LogP contribution in [0.1, 0.15) is 24.5 Å². The van der Waals surface area contributed by atoms with Gasteiger partial charge in [-0.2, -0.15) is 0 Å². The Morgan fingerprint density at radius 3 is 2.74 bits per heavy atom. The second-order valence-electron chi connectivity index (χ2n) is 4.12. The Kier molecular flexibility index (Phi) is 6.36. The lowest BCUT2D eigenvalue weighted by Crippen LogP contribution is -2.28. The fourth-order valence-corrected chi connectivity index (χ4v) is 1.45. The van der Waals surface area contributed by atoms with Crippen molar-refractivity contribution >= 4 is 11.9 Å². The molecule has 0 aliphatic carbocycles. The highest BCUT2D eigenvalue weighted by atomic mass is 16.5. The van der Waals surface area contributed by atoms with Crippen LogP contribution in [0.15, 0.2) is 36.4 Å². The molecule has 1 aromatic carbocycles. The van der Waals surface area contributed by atoms with Gasteiger partial charge in [0, 0.05) is 12.6 Å². The van der Waals surface area contributed by atoms with E-state index >= 15 is 0 Å². The summed E-state index contributed by atoms with van der Waals surface area (Å²) in [6, 6.07) is 7.80. The molecule has 0 bridgehead atoms. The summed E-state index contributed by atoms with van der Waals surface area (Å²) in [4.78, 5) is 22.6. The van der Waals surface area contributed by atoms with Gasteiger partial charge >= 0.3 is 5.97 Å². The van der Waals surface area contributed by atoms with Crippen molar-refractivity contribution in [2.75, 3.05) is 6.61 Å². The summed E-state index contributed by atoms with van der Waals surface area (Å²) >= 11 is 0. The lowest BCUT2D eigenvalue weighted by molar-refractivity contribution is -0.143. The molecule has 102 valence electrons. The standard InChI is InChI=1S/C15H19NO3/c1-3-4-9-15(18)19-11-14(17)16-10-13-8-6-5-7-12(13)2/h4-9H,3,10-11H2,1-2H3,(H,16,17)/b9-4+. The number of hydrogen-bond acceptors (Lipinski definition) is 3. The monoisotopic (exact) mass is 261 g/mol. The molecule has 0 spiro atoms. The first kappa shape index (κ1) is 15.0. The molecule has 0 fully saturated rings. The summed E-state index contributed by atoms with van der Waals surface area (Å²) in [6.45, 7) is 4.09. The van der Waals surface area contributed by atoms with Crippen LogP contribution in [-0.4, -0.2) is 18.5 Å². The number of ether oxygens (including phenoxy) is 1. The summed E-state index contributed by atoms with van der Waals surface area (Å²) in [5.74, 6) is -0.797. The van der Waals surface area contributed by atoms with Gasteiger partial charge in [-0.15, -0.1) is 0 Å².